The van der Waals surface area contributed by atoms with Crippen molar-refractivity contribution in [1.82, 2.24) is 5.32 Å². The molecule has 1 fully saturated rings. The summed E-state index contributed by atoms with van der Waals surface area (Å²) in [7, 11) is 0. The van der Waals surface area contributed by atoms with Crippen LogP contribution in [0.15, 0.2) is 22.7 Å². The lowest BCUT2D eigenvalue weighted by Gasteiger charge is -2.09. The van der Waals surface area contributed by atoms with Crippen molar-refractivity contribution in [2.75, 3.05) is 11.9 Å². The Labute approximate surface area is 119 Å². The van der Waals surface area contributed by atoms with E-state index in [9.17, 15) is 9.59 Å². The van der Waals surface area contributed by atoms with Crippen LogP contribution in [0.2, 0.25) is 0 Å². The van der Waals surface area contributed by atoms with E-state index >= 15 is 0 Å². The van der Waals surface area contributed by atoms with Crippen LogP contribution in [0.1, 0.15) is 29.6 Å². The molecule has 0 aliphatic heterocycles. The summed E-state index contributed by atoms with van der Waals surface area (Å²) in [5, 5.41) is 14.9. The highest BCUT2D eigenvalue weighted by Gasteiger charge is 2.20. The molecular weight excluding hydrogens is 312 g/mol. The smallest absolute Gasteiger partial charge is 0.337 e. The maximum atomic E-state index is 11.7. The Morgan fingerprint density at radius 1 is 1.37 bits per heavy atom. The third kappa shape index (κ3) is 4.33. The number of aromatic carboxylic acids is 1. The van der Waals surface area contributed by atoms with Crippen LogP contribution in [0.4, 0.5) is 5.69 Å². The van der Waals surface area contributed by atoms with Gasteiger partial charge in [0.05, 0.1) is 11.3 Å². The van der Waals surface area contributed by atoms with Gasteiger partial charge in [-0.3, -0.25) is 4.79 Å². The van der Waals surface area contributed by atoms with Gasteiger partial charge in [-0.1, -0.05) is 15.9 Å². The van der Waals surface area contributed by atoms with Crippen molar-refractivity contribution in [2.24, 2.45) is 0 Å². The van der Waals surface area contributed by atoms with Crippen LogP contribution in [-0.4, -0.2) is 29.6 Å². The van der Waals surface area contributed by atoms with Gasteiger partial charge >= 0.3 is 5.97 Å². The molecule has 1 aromatic rings. The number of hydrogen-bond donors (Lipinski definition) is 3. The topological polar surface area (TPSA) is 78.4 Å². The summed E-state index contributed by atoms with van der Waals surface area (Å²) in [6.45, 7) is 0.620. The molecule has 0 heterocycles. The van der Waals surface area contributed by atoms with Gasteiger partial charge in [-0.2, -0.15) is 0 Å². The van der Waals surface area contributed by atoms with E-state index in [-0.39, 0.29) is 11.5 Å². The molecule has 1 amide bonds. The molecular formula is C13H15BrN2O3. The summed E-state index contributed by atoms with van der Waals surface area (Å²) in [6, 6.07) is 5.32. The average molecular weight is 327 g/mol. The predicted molar refractivity (Wildman–Crippen MR) is 75.4 cm³/mol. The minimum absolute atomic E-state index is 0.0814. The standard InChI is InChI=1S/C13H15BrN2O3/c14-8-1-4-11(10(7-8)13(18)19)16-12(17)5-6-15-9-2-3-9/h1,4,7,9,15H,2-3,5-6H2,(H,16,17)(H,18,19). The van der Waals surface area contributed by atoms with Gasteiger partial charge in [-0.25, -0.2) is 4.79 Å². The molecule has 102 valence electrons. The first-order valence-corrected chi connectivity index (χ1v) is 6.91. The Morgan fingerprint density at radius 2 is 2.11 bits per heavy atom. The quantitative estimate of drug-likeness (QED) is 0.749. The highest BCUT2D eigenvalue weighted by molar-refractivity contribution is 9.10. The molecule has 19 heavy (non-hydrogen) atoms. The van der Waals surface area contributed by atoms with E-state index in [0.717, 1.165) is 0 Å². The van der Waals surface area contributed by atoms with Gasteiger partial charge in [0.2, 0.25) is 5.91 Å². The maximum absolute atomic E-state index is 11.7. The Bertz CT molecular complexity index is 501. The van der Waals surface area contributed by atoms with Crippen molar-refractivity contribution in [3.63, 3.8) is 0 Å². The van der Waals surface area contributed by atoms with Crippen LogP contribution in [-0.2, 0) is 4.79 Å². The fourth-order valence-corrected chi connectivity index (χ4v) is 2.05. The number of amides is 1. The van der Waals surface area contributed by atoms with Crippen molar-refractivity contribution in [1.29, 1.82) is 0 Å². The predicted octanol–water partition coefficient (Wildman–Crippen LogP) is 2.23. The Kier molecular flexibility index (Phi) is 4.55. The first-order valence-electron chi connectivity index (χ1n) is 6.12. The second kappa shape index (κ2) is 6.16. The second-order valence-corrected chi connectivity index (χ2v) is 5.44. The minimum Gasteiger partial charge on any atom is -0.478 e. The molecule has 5 nitrogen and oxygen atoms in total. The molecule has 0 unspecified atom stereocenters. The number of nitrogens with one attached hydrogen (secondary N) is 2. The summed E-state index contributed by atoms with van der Waals surface area (Å²) < 4.78 is 0.665. The highest BCUT2D eigenvalue weighted by atomic mass is 79.9. The summed E-state index contributed by atoms with van der Waals surface area (Å²) >= 11 is 3.21. The number of hydrogen-bond acceptors (Lipinski definition) is 3. The molecule has 0 radical (unpaired) electrons. The van der Waals surface area contributed by atoms with Crippen LogP contribution >= 0.6 is 15.9 Å². The monoisotopic (exact) mass is 326 g/mol. The van der Waals surface area contributed by atoms with Crippen LogP contribution in [0.3, 0.4) is 0 Å². The van der Waals surface area contributed by atoms with Crippen LogP contribution in [0.25, 0.3) is 0 Å². The molecule has 0 spiro atoms. The maximum Gasteiger partial charge on any atom is 0.337 e. The molecule has 1 aliphatic rings. The largest absolute Gasteiger partial charge is 0.478 e. The zero-order valence-corrected chi connectivity index (χ0v) is 11.9. The second-order valence-electron chi connectivity index (χ2n) is 4.52. The van der Waals surface area contributed by atoms with E-state index in [1.165, 1.54) is 18.9 Å². The van der Waals surface area contributed by atoms with Gasteiger partial charge in [0, 0.05) is 23.5 Å². The van der Waals surface area contributed by atoms with Crippen molar-refractivity contribution in [3.05, 3.63) is 28.2 Å². The summed E-state index contributed by atoms with van der Waals surface area (Å²) in [6.07, 6.45) is 2.70. The lowest BCUT2D eigenvalue weighted by Crippen LogP contribution is -2.23. The summed E-state index contributed by atoms with van der Waals surface area (Å²) in [5.41, 5.74) is 0.407. The fourth-order valence-electron chi connectivity index (χ4n) is 1.69. The molecule has 0 saturated heterocycles. The van der Waals surface area contributed by atoms with Crippen molar-refractivity contribution in [2.45, 2.75) is 25.3 Å². The van der Waals surface area contributed by atoms with E-state index in [4.69, 9.17) is 5.11 Å². The number of benzene rings is 1. The lowest BCUT2D eigenvalue weighted by atomic mass is 10.1. The summed E-state index contributed by atoms with van der Waals surface area (Å²) in [4.78, 5) is 22.8. The molecule has 3 N–H and O–H groups in total. The van der Waals surface area contributed by atoms with Crippen LogP contribution in [0, 0.1) is 0 Å². The Hall–Kier alpha value is -1.40. The first kappa shape index (κ1) is 14.0. The number of carbonyl (C=O) groups excluding carboxylic acids is 1. The first-order chi connectivity index (χ1) is 9.06. The molecule has 1 saturated carbocycles. The van der Waals surface area contributed by atoms with E-state index in [2.05, 4.69) is 26.6 Å². The molecule has 0 aromatic heterocycles. The summed E-state index contributed by atoms with van der Waals surface area (Å²) in [5.74, 6) is -1.24. The number of anilines is 1. The minimum atomic E-state index is -1.06. The molecule has 0 atom stereocenters. The number of carboxylic acids is 1. The van der Waals surface area contributed by atoms with Crippen LogP contribution in [0.5, 0.6) is 0 Å². The highest BCUT2D eigenvalue weighted by Crippen LogP contribution is 2.21. The molecule has 1 aromatic carbocycles. The van der Waals surface area contributed by atoms with E-state index in [1.54, 1.807) is 12.1 Å². The van der Waals surface area contributed by atoms with Gasteiger partial charge in [-0.15, -0.1) is 0 Å². The zero-order chi connectivity index (χ0) is 13.8. The molecule has 1 aliphatic carbocycles. The fraction of sp³-hybridized carbons (Fsp3) is 0.385. The normalized spacial score (nSPS) is 14.2. The zero-order valence-electron chi connectivity index (χ0n) is 10.3. The average Bonchev–Trinajstić information content (AvgIpc) is 3.15. The third-order valence-electron chi connectivity index (χ3n) is 2.85. The Balaban J connectivity index is 1.93. The van der Waals surface area contributed by atoms with E-state index in [1.807, 2.05) is 0 Å². The number of carboxylic acid groups (broad SMARTS) is 1. The van der Waals surface area contributed by atoms with Crippen molar-refractivity contribution >= 4 is 33.5 Å². The molecule has 0 bridgehead atoms. The van der Waals surface area contributed by atoms with Crippen LogP contribution < -0.4 is 10.6 Å². The SMILES string of the molecule is O=C(CCNC1CC1)Nc1ccc(Br)cc1C(=O)O. The molecule has 6 heteroatoms. The number of halogens is 1. The lowest BCUT2D eigenvalue weighted by molar-refractivity contribution is -0.116. The van der Waals surface area contributed by atoms with Crippen molar-refractivity contribution in [3.8, 4) is 0 Å². The van der Waals surface area contributed by atoms with Gasteiger partial charge < -0.3 is 15.7 Å². The number of rotatable bonds is 6. The Morgan fingerprint density at radius 3 is 2.74 bits per heavy atom. The van der Waals surface area contributed by atoms with E-state index < -0.39 is 5.97 Å². The van der Waals surface area contributed by atoms with E-state index in [0.29, 0.717) is 29.2 Å². The molecule has 2 rings (SSSR count). The van der Waals surface area contributed by atoms with Gasteiger partial charge in [0.15, 0.2) is 0 Å². The van der Waals surface area contributed by atoms with Gasteiger partial charge in [0.25, 0.3) is 0 Å². The van der Waals surface area contributed by atoms with Crippen molar-refractivity contribution < 1.29 is 14.7 Å². The number of carbonyl (C=O) groups is 2. The van der Waals surface area contributed by atoms with Gasteiger partial charge in [0.1, 0.15) is 0 Å². The van der Waals surface area contributed by atoms with Gasteiger partial charge in [-0.05, 0) is 31.0 Å². The third-order valence-corrected chi connectivity index (χ3v) is 3.34.